The van der Waals surface area contributed by atoms with Gasteiger partial charge in [-0.1, -0.05) is 29.8 Å². The van der Waals surface area contributed by atoms with E-state index in [0.29, 0.717) is 32.7 Å². The molecule has 0 saturated carbocycles. The van der Waals surface area contributed by atoms with Crippen LogP contribution in [0.4, 0.5) is 0 Å². The van der Waals surface area contributed by atoms with Gasteiger partial charge in [0, 0.05) is 36.2 Å². The largest absolute Gasteiger partial charge is 0.378 e. The lowest BCUT2D eigenvalue weighted by Crippen LogP contribution is -2.40. The minimum atomic E-state index is 0.229. The lowest BCUT2D eigenvalue weighted by molar-refractivity contribution is -0.135. The summed E-state index contributed by atoms with van der Waals surface area (Å²) in [5, 5.41) is 4.29. The van der Waals surface area contributed by atoms with Crippen molar-refractivity contribution in [3.8, 4) is 11.1 Å². The van der Waals surface area contributed by atoms with Crippen LogP contribution in [0.25, 0.3) is 21.3 Å². The molecule has 0 unspecified atom stereocenters. The highest BCUT2D eigenvalue weighted by molar-refractivity contribution is 7.99. The van der Waals surface area contributed by atoms with E-state index in [4.69, 9.17) is 4.74 Å². The molecule has 4 rings (SSSR count). The number of hydrogen-bond donors (Lipinski definition) is 0. The average Bonchev–Trinajstić information content (AvgIpc) is 3.17. The molecule has 28 heavy (non-hydrogen) atoms. The molecular formula is C21H23N3O2S2. The van der Waals surface area contributed by atoms with Gasteiger partial charge in [0.25, 0.3) is 0 Å². The number of hydrogen-bond acceptors (Lipinski definition) is 6. The van der Waals surface area contributed by atoms with Crippen LogP contribution in [-0.4, -0.2) is 52.8 Å². The van der Waals surface area contributed by atoms with Gasteiger partial charge < -0.3 is 9.64 Å². The van der Waals surface area contributed by atoms with E-state index in [1.807, 2.05) is 4.90 Å². The topological polar surface area (TPSA) is 55.3 Å². The van der Waals surface area contributed by atoms with Crippen LogP contribution in [0.5, 0.6) is 0 Å². The van der Waals surface area contributed by atoms with E-state index in [9.17, 15) is 4.79 Å². The highest BCUT2D eigenvalue weighted by atomic mass is 32.2. The first-order chi connectivity index (χ1) is 13.7. The van der Waals surface area contributed by atoms with Gasteiger partial charge in [0.1, 0.15) is 16.2 Å². The second-order valence-electron chi connectivity index (χ2n) is 6.82. The zero-order valence-corrected chi connectivity index (χ0v) is 17.5. The number of benzene rings is 1. The van der Waals surface area contributed by atoms with E-state index in [-0.39, 0.29) is 5.91 Å². The summed E-state index contributed by atoms with van der Waals surface area (Å²) in [5.41, 5.74) is 3.63. The molecule has 0 aliphatic carbocycles. The van der Waals surface area contributed by atoms with Crippen LogP contribution in [0.15, 0.2) is 41.0 Å². The first-order valence-electron chi connectivity index (χ1n) is 9.50. The van der Waals surface area contributed by atoms with Gasteiger partial charge >= 0.3 is 0 Å². The number of amides is 1. The first kappa shape index (κ1) is 19.4. The number of thiophene rings is 1. The zero-order valence-electron chi connectivity index (χ0n) is 15.9. The molecule has 5 nitrogen and oxygen atoms in total. The van der Waals surface area contributed by atoms with Crippen molar-refractivity contribution >= 4 is 39.2 Å². The second-order valence-corrected chi connectivity index (χ2v) is 8.76. The number of thioether (sulfide) groups is 1. The molecule has 3 heterocycles. The van der Waals surface area contributed by atoms with Gasteiger partial charge in [-0.25, -0.2) is 9.97 Å². The Kier molecular flexibility index (Phi) is 6.24. The molecule has 0 N–H and O–H groups in total. The maximum atomic E-state index is 12.3. The Morgan fingerprint density at radius 2 is 2.00 bits per heavy atom. The molecule has 0 spiro atoms. The Bertz CT molecular complexity index is 950. The minimum Gasteiger partial charge on any atom is -0.378 e. The van der Waals surface area contributed by atoms with E-state index in [1.165, 1.54) is 16.7 Å². The molecule has 3 aromatic rings. The quantitative estimate of drug-likeness (QED) is 0.341. The average molecular weight is 414 g/mol. The maximum absolute atomic E-state index is 12.3. The molecule has 1 saturated heterocycles. The van der Waals surface area contributed by atoms with Gasteiger partial charge in [-0.3, -0.25) is 4.79 Å². The monoisotopic (exact) mass is 413 g/mol. The van der Waals surface area contributed by atoms with Crippen molar-refractivity contribution in [2.24, 2.45) is 0 Å². The van der Waals surface area contributed by atoms with Crippen molar-refractivity contribution in [2.75, 3.05) is 32.1 Å². The summed E-state index contributed by atoms with van der Waals surface area (Å²) in [6.07, 6.45) is 3.06. The van der Waals surface area contributed by atoms with Crippen LogP contribution in [-0.2, 0) is 9.53 Å². The Labute approximate surface area is 173 Å². The van der Waals surface area contributed by atoms with E-state index in [0.717, 1.165) is 27.4 Å². The number of carbonyl (C=O) groups is 1. The predicted octanol–water partition coefficient (Wildman–Crippen LogP) is 4.40. The third-order valence-corrected chi connectivity index (χ3v) is 6.80. The Morgan fingerprint density at radius 3 is 2.79 bits per heavy atom. The van der Waals surface area contributed by atoms with E-state index < -0.39 is 0 Å². The number of aryl methyl sites for hydroxylation is 1. The summed E-state index contributed by atoms with van der Waals surface area (Å²) in [5.74, 6) is 1.10. The molecule has 0 atom stereocenters. The van der Waals surface area contributed by atoms with Crippen LogP contribution in [0.2, 0.25) is 0 Å². The number of nitrogens with zero attached hydrogens (tertiary/aromatic N) is 3. The van der Waals surface area contributed by atoms with Crippen molar-refractivity contribution in [3.63, 3.8) is 0 Å². The molecule has 1 aliphatic heterocycles. The Morgan fingerprint density at radius 1 is 1.21 bits per heavy atom. The number of rotatable bonds is 6. The molecule has 146 valence electrons. The minimum absolute atomic E-state index is 0.229. The fourth-order valence-corrected chi connectivity index (χ4v) is 5.20. The van der Waals surface area contributed by atoms with Crippen LogP contribution in [0.3, 0.4) is 0 Å². The Balaban J connectivity index is 1.43. The molecule has 0 bridgehead atoms. The summed E-state index contributed by atoms with van der Waals surface area (Å²) in [4.78, 5) is 24.2. The highest BCUT2D eigenvalue weighted by Crippen LogP contribution is 2.38. The summed E-state index contributed by atoms with van der Waals surface area (Å²) in [7, 11) is 0. The Hall–Kier alpha value is -1.96. The predicted molar refractivity (Wildman–Crippen MR) is 115 cm³/mol. The van der Waals surface area contributed by atoms with Crippen LogP contribution >= 0.6 is 23.1 Å². The molecule has 1 aliphatic rings. The van der Waals surface area contributed by atoms with Crippen molar-refractivity contribution < 1.29 is 9.53 Å². The summed E-state index contributed by atoms with van der Waals surface area (Å²) < 4.78 is 5.31. The summed E-state index contributed by atoms with van der Waals surface area (Å²) in [6, 6.07) is 8.57. The molecule has 2 aromatic heterocycles. The number of carbonyl (C=O) groups excluding carboxylic acids is 1. The fraction of sp³-hybridized carbons (Fsp3) is 0.381. The van der Waals surface area contributed by atoms with Crippen molar-refractivity contribution in [1.82, 2.24) is 14.9 Å². The molecule has 1 amide bonds. The normalized spacial score (nSPS) is 14.5. The second kappa shape index (κ2) is 9.03. The molecule has 1 fully saturated rings. The third kappa shape index (κ3) is 4.37. The van der Waals surface area contributed by atoms with Gasteiger partial charge in [-0.05, 0) is 18.9 Å². The number of morpholine rings is 1. The van der Waals surface area contributed by atoms with E-state index >= 15 is 0 Å². The van der Waals surface area contributed by atoms with Crippen LogP contribution in [0.1, 0.15) is 18.4 Å². The van der Waals surface area contributed by atoms with Gasteiger partial charge in [0.05, 0.1) is 18.6 Å². The maximum Gasteiger partial charge on any atom is 0.222 e. The highest BCUT2D eigenvalue weighted by Gasteiger charge is 2.17. The fourth-order valence-electron chi connectivity index (χ4n) is 3.27. The van der Waals surface area contributed by atoms with Gasteiger partial charge in [0.2, 0.25) is 5.91 Å². The van der Waals surface area contributed by atoms with Gasteiger partial charge in [0.15, 0.2) is 0 Å². The molecule has 0 radical (unpaired) electrons. The standard InChI is InChI=1S/C21H23N3O2S2/c1-15-4-6-16(7-5-15)17-13-28-21-19(17)20(22-14-23-21)27-12-2-3-18(25)24-8-10-26-11-9-24/h4-7,13-14H,2-3,8-12H2,1H3. The van der Waals surface area contributed by atoms with Gasteiger partial charge in [-0.2, -0.15) is 0 Å². The SMILES string of the molecule is Cc1ccc(-c2csc3ncnc(SCCCC(=O)N4CCOCC4)c23)cc1. The first-order valence-corrected chi connectivity index (χ1v) is 11.4. The van der Waals surface area contributed by atoms with Crippen molar-refractivity contribution in [3.05, 3.63) is 41.5 Å². The zero-order chi connectivity index (χ0) is 19.3. The number of fused-ring (bicyclic) bond motifs is 1. The summed E-state index contributed by atoms with van der Waals surface area (Å²) >= 11 is 3.37. The van der Waals surface area contributed by atoms with E-state index in [1.54, 1.807) is 29.4 Å². The van der Waals surface area contributed by atoms with E-state index in [2.05, 4.69) is 46.5 Å². The number of ether oxygens (including phenoxy) is 1. The smallest absolute Gasteiger partial charge is 0.222 e. The van der Waals surface area contributed by atoms with Crippen LogP contribution < -0.4 is 0 Å². The van der Waals surface area contributed by atoms with Crippen molar-refractivity contribution in [2.45, 2.75) is 24.8 Å². The van der Waals surface area contributed by atoms with Crippen molar-refractivity contribution in [1.29, 1.82) is 0 Å². The van der Waals surface area contributed by atoms with Gasteiger partial charge in [-0.15, -0.1) is 23.1 Å². The third-order valence-electron chi connectivity index (χ3n) is 4.84. The lowest BCUT2D eigenvalue weighted by Gasteiger charge is -2.26. The number of aromatic nitrogens is 2. The molecule has 7 heteroatoms. The molecular weight excluding hydrogens is 390 g/mol. The summed E-state index contributed by atoms with van der Waals surface area (Å²) in [6.45, 7) is 4.83. The molecule has 1 aromatic carbocycles. The lowest BCUT2D eigenvalue weighted by atomic mass is 10.1. The van der Waals surface area contributed by atoms with Crippen LogP contribution in [0, 0.1) is 6.92 Å².